The van der Waals surface area contributed by atoms with Gasteiger partial charge in [0.25, 0.3) is 5.56 Å². The molecule has 0 saturated carbocycles. The van der Waals surface area contributed by atoms with Crippen LogP contribution < -0.4 is 5.56 Å². The summed E-state index contributed by atoms with van der Waals surface area (Å²) >= 11 is 0. The Kier molecular flexibility index (Phi) is 4.37. The normalized spacial score (nSPS) is 15.0. The monoisotopic (exact) mass is 431 g/mol. The second-order valence-corrected chi connectivity index (χ2v) is 7.71. The molecule has 0 aliphatic carbocycles. The van der Waals surface area contributed by atoms with Gasteiger partial charge in [-0.15, -0.1) is 0 Å². The van der Waals surface area contributed by atoms with Crippen LogP contribution in [0.1, 0.15) is 22.5 Å². The minimum absolute atomic E-state index is 0.123. The van der Waals surface area contributed by atoms with Gasteiger partial charge >= 0.3 is 6.18 Å². The SMILES string of the molecule is Cc1c(C(F)(F)F)c(=O)[nH]c2cc(CN3CCn4c(nc5ccc(F)cc54)C3)cnc12. The summed E-state index contributed by atoms with van der Waals surface area (Å²) in [5.74, 6) is 0.512. The predicted molar refractivity (Wildman–Crippen MR) is 106 cm³/mol. The van der Waals surface area contributed by atoms with Gasteiger partial charge in [-0.1, -0.05) is 0 Å². The largest absolute Gasteiger partial charge is 0.422 e. The van der Waals surface area contributed by atoms with Crippen LogP contribution in [-0.2, 0) is 25.8 Å². The molecule has 0 spiro atoms. The van der Waals surface area contributed by atoms with E-state index < -0.39 is 17.3 Å². The summed E-state index contributed by atoms with van der Waals surface area (Å²) in [6.07, 6.45) is -3.21. The highest BCUT2D eigenvalue weighted by Gasteiger charge is 2.36. The Labute approximate surface area is 173 Å². The first-order valence-corrected chi connectivity index (χ1v) is 9.66. The quantitative estimate of drug-likeness (QED) is 0.491. The second kappa shape index (κ2) is 6.88. The lowest BCUT2D eigenvalue weighted by Crippen LogP contribution is -2.33. The molecular formula is C21H17F4N5O. The molecule has 6 nitrogen and oxygen atoms in total. The van der Waals surface area contributed by atoms with Crippen molar-refractivity contribution in [2.24, 2.45) is 0 Å². The molecule has 1 aliphatic heterocycles. The number of pyridine rings is 2. The molecule has 31 heavy (non-hydrogen) atoms. The lowest BCUT2D eigenvalue weighted by atomic mass is 10.1. The number of benzene rings is 1. The zero-order valence-corrected chi connectivity index (χ0v) is 16.4. The van der Waals surface area contributed by atoms with E-state index in [1.54, 1.807) is 12.1 Å². The van der Waals surface area contributed by atoms with E-state index >= 15 is 0 Å². The van der Waals surface area contributed by atoms with Crippen molar-refractivity contribution in [1.82, 2.24) is 24.4 Å². The standard InChI is InChI=1S/C21H17F4N5O/c1-11-18(21(23,24)25)20(31)28-15-6-12(8-26-19(11)15)9-29-4-5-30-16-7-13(22)2-3-14(16)27-17(30)10-29/h2-3,6-8H,4-5,9-10H2,1H3,(H,28,31). The van der Waals surface area contributed by atoms with Crippen LogP contribution >= 0.6 is 0 Å². The van der Waals surface area contributed by atoms with Crippen LogP contribution in [-0.4, -0.2) is 31.0 Å². The van der Waals surface area contributed by atoms with Crippen molar-refractivity contribution < 1.29 is 17.6 Å². The van der Waals surface area contributed by atoms with Crippen LogP contribution in [0.3, 0.4) is 0 Å². The molecule has 4 heterocycles. The van der Waals surface area contributed by atoms with Gasteiger partial charge in [0.2, 0.25) is 0 Å². The molecule has 0 saturated heterocycles. The van der Waals surface area contributed by atoms with Gasteiger partial charge in [-0.05, 0) is 42.3 Å². The van der Waals surface area contributed by atoms with E-state index in [1.807, 2.05) is 4.57 Å². The van der Waals surface area contributed by atoms with E-state index in [2.05, 4.69) is 19.9 Å². The zero-order chi connectivity index (χ0) is 21.9. The third kappa shape index (κ3) is 3.36. The molecule has 1 N–H and O–H groups in total. The summed E-state index contributed by atoms with van der Waals surface area (Å²) in [7, 11) is 0. The fourth-order valence-electron chi connectivity index (χ4n) is 4.23. The summed E-state index contributed by atoms with van der Waals surface area (Å²) in [4.78, 5) is 25.2. The Morgan fingerprint density at radius 3 is 2.77 bits per heavy atom. The van der Waals surface area contributed by atoms with Crippen molar-refractivity contribution in [3.63, 3.8) is 0 Å². The van der Waals surface area contributed by atoms with Crippen LogP contribution in [0.15, 0.2) is 35.3 Å². The van der Waals surface area contributed by atoms with E-state index in [4.69, 9.17) is 0 Å². The molecule has 5 rings (SSSR count). The predicted octanol–water partition coefficient (Wildman–Crippen LogP) is 3.75. The highest BCUT2D eigenvalue weighted by molar-refractivity contribution is 5.79. The summed E-state index contributed by atoms with van der Waals surface area (Å²) in [5, 5.41) is 0. The van der Waals surface area contributed by atoms with Gasteiger partial charge in [-0.25, -0.2) is 9.37 Å². The first kappa shape index (κ1) is 19.7. The van der Waals surface area contributed by atoms with Gasteiger partial charge in [-0.3, -0.25) is 14.7 Å². The van der Waals surface area contributed by atoms with Crippen molar-refractivity contribution in [2.75, 3.05) is 6.54 Å². The van der Waals surface area contributed by atoms with Gasteiger partial charge in [-0.2, -0.15) is 13.2 Å². The van der Waals surface area contributed by atoms with E-state index in [0.29, 0.717) is 26.2 Å². The van der Waals surface area contributed by atoms with Gasteiger partial charge in [0, 0.05) is 25.8 Å². The molecule has 1 aromatic carbocycles. The number of alkyl halides is 3. The number of aryl methyl sites for hydroxylation is 1. The van der Waals surface area contributed by atoms with Gasteiger partial charge < -0.3 is 9.55 Å². The first-order valence-electron chi connectivity index (χ1n) is 9.66. The Balaban J connectivity index is 1.44. The fourth-order valence-corrected chi connectivity index (χ4v) is 4.23. The third-order valence-corrected chi connectivity index (χ3v) is 5.63. The molecule has 0 unspecified atom stereocenters. The second-order valence-electron chi connectivity index (χ2n) is 7.71. The van der Waals surface area contributed by atoms with Crippen LogP contribution in [0.4, 0.5) is 17.6 Å². The maximum Gasteiger partial charge on any atom is 0.422 e. The molecule has 4 aromatic rings. The average molecular weight is 431 g/mol. The van der Waals surface area contributed by atoms with Crippen LogP contribution in [0.2, 0.25) is 0 Å². The Bertz CT molecular complexity index is 1390. The molecular weight excluding hydrogens is 414 g/mol. The number of aromatic nitrogens is 4. The number of rotatable bonds is 2. The van der Waals surface area contributed by atoms with Crippen LogP contribution in [0.5, 0.6) is 0 Å². The molecule has 0 radical (unpaired) electrons. The Morgan fingerprint density at radius 1 is 1.19 bits per heavy atom. The number of nitrogens with zero attached hydrogens (tertiary/aromatic N) is 4. The number of fused-ring (bicyclic) bond motifs is 4. The number of hydrogen-bond acceptors (Lipinski definition) is 4. The third-order valence-electron chi connectivity index (χ3n) is 5.63. The van der Waals surface area contributed by atoms with Gasteiger partial charge in [0.15, 0.2) is 0 Å². The van der Waals surface area contributed by atoms with Gasteiger partial charge in [0.05, 0.1) is 28.6 Å². The Hall–Kier alpha value is -3.27. The highest BCUT2D eigenvalue weighted by Crippen LogP contribution is 2.31. The van der Waals surface area contributed by atoms with E-state index in [1.165, 1.54) is 25.3 Å². The van der Waals surface area contributed by atoms with Crippen molar-refractivity contribution >= 4 is 22.1 Å². The van der Waals surface area contributed by atoms with Gasteiger partial charge in [0.1, 0.15) is 17.2 Å². The van der Waals surface area contributed by atoms with Crippen molar-refractivity contribution in [3.05, 3.63) is 69.1 Å². The Morgan fingerprint density at radius 2 is 2.00 bits per heavy atom. The van der Waals surface area contributed by atoms with Crippen molar-refractivity contribution in [1.29, 1.82) is 0 Å². The number of halogens is 4. The van der Waals surface area contributed by atoms with Crippen LogP contribution in [0.25, 0.3) is 22.1 Å². The number of hydrogen-bond donors (Lipinski definition) is 1. The van der Waals surface area contributed by atoms with Crippen molar-refractivity contribution in [2.45, 2.75) is 32.7 Å². The maximum absolute atomic E-state index is 13.6. The number of aromatic amines is 1. The summed E-state index contributed by atoms with van der Waals surface area (Å²) in [6, 6.07) is 6.17. The molecule has 1 aliphatic rings. The van der Waals surface area contributed by atoms with E-state index in [0.717, 1.165) is 22.4 Å². The number of H-pyrrole nitrogens is 1. The first-order chi connectivity index (χ1) is 14.7. The number of nitrogens with one attached hydrogen (secondary N) is 1. The van der Waals surface area contributed by atoms with E-state index in [-0.39, 0.29) is 22.4 Å². The molecule has 0 atom stereocenters. The molecule has 10 heteroatoms. The lowest BCUT2D eigenvalue weighted by molar-refractivity contribution is -0.139. The lowest BCUT2D eigenvalue weighted by Gasteiger charge is -2.27. The zero-order valence-electron chi connectivity index (χ0n) is 16.4. The minimum atomic E-state index is -4.74. The number of imidazole rings is 1. The average Bonchev–Trinajstić information content (AvgIpc) is 3.03. The maximum atomic E-state index is 13.6. The summed E-state index contributed by atoms with van der Waals surface area (Å²) < 4.78 is 55.1. The smallest absolute Gasteiger partial charge is 0.326 e. The minimum Gasteiger partial charge on any atom is -0.326 e. The molecule has 0 amide bonds. The highest BCUT2D eigenvalue weighted by atomic mass is 19.4. The van der Waals surface area contributed by atoms with Crippen LogP contribution in [0, 0.1) is 12.7 Å². The topological polar surface area (TPSA) is 66.8 Å². The molecule has 0 bridgehead atoms. The molecule has 160 valence electrons. The fraction of sp³-hybridized carbons (Fsp3) is 0.286. The molecule has 3 aromatic heterocycles. The summed E-state index contributed by atoms with van der Waals surface area (Å²) in [6.45, 7) is 3.61. The molecule has 0 fully saturated rings. The summed E-state index contributed by atoms with van der Waals surface area (Å²) in [5.41, 5.74) is 0.0807. The van der Waals surface area contributed by atoms with Crippen molar-refractivity contribution in [3.8, 4) is 0 Å². The van der Waals surface area contributed by atoms with E-state index in [9.17, 15) is 22.4 Å².